The summed E-state index contributed by atoms with van der Waals surface area (Å²) in [5.74, 6) is -0.860. The van der Waals surface area contributed by atoms with Crippen molar-refractivity contribution in [3.63, 3.8) is 0 Å². The third kappa shape index (κ3) is 1.26. The lowest BCUT2D eigenvalue weighted by atomic mass is 10.3. The molecule has 1 N–H and O–H groups in total. The molecule has 1 heterocycles. The Morgan fingerprint density at radius 3 is 2.58 bits per heavy atom. The van der Waals surface area contributed by atoms with Crippen LogP contribution in [0.2, 0.25) is 0 Å². The molecule has 0 unspecified atom stereocenters. The summed E-state index contributed by atoms with van der Waals surface area (Å²) >= 11 is 0. The highest BCUT2D eigenvalue weighted by Crippen LogP contribution is 2.16. The monoisotopic (exact) mass is 169 g/mol. The Bertz CT molecular complexity index is 382. The van der Waals surface area contributed by atoms with Crippen molar-refractivity contribution in [2.45, 2.75) is 6.92 Å². The molecule has 0 aliphatic heterocycles. The quantitative estimate of drug-likeness (QED) is 0.459. The van der Waals surface area contributed by atoms with E-state index >= 15 is 0 Å². The van der Waals surface area contributed by atoms with Crippen LogP contribution in [0.15, 0.2) is 10.9 Å². The van der Waals surface area contributed by atoms with Gasteiger partial charge in [-0.2, -0.15) is 0 Å². The number of pyridine rings is 1. The summed E-state index contributed by atoms with van der Waals surface area (Å²) in [6.07, 6.45) is 0. The van der Waals surface area contributed by atoms with E-state index in [9.17, 15) is 20.0 Å². The molecule has 1 rings (SSSR count). The van der Waals surface area contributed by atoms with Crippen molar-refractivity contribution in [3.05, 3.63) is 32.2 Å². The Balaban J connectivity index is 3.49. The van der Waals surface area contributed by atoms with Gasteiger partial charge in [0.15, 0.2) is 0 Å². The molecule has 64 valence electrons. The molecule has 6 heteroatoms. The lowest BCUT2D eigenvalue weighted by Crippen LogP contribution is -2.15. The first-order chi connectivity index (χ1) is 5.52. The molecule has 0 spiro atoms. The highest BCUT2D eigenvalue weighted by Gasteiger charge is 2.12. The second kappa shape index (κ2) is 2.65. The molecule has 6 nitrogen and oxygen atoms in total. The van der Waals surface area contributed by atoms with Crippen molar-refractivity contribution in [2.24, 2.45) is 0 Å². The molecule has 0 atom stereocenters. The SMILES string of the molecule is Cc1cc([O-])c([N+](=O)[O-])c(=O)[nH]1. The number of H-pyrrole nitrogens is 1. The molecule has 1 aromatic heterocycles. The average molecular weight is 169 g/mol. The molecule has 0 aliphatic carbocycles. The van der Waals surface area contributed by atoms with E-state index in [1.165, 1.54) is 6.92 Å². The van der Waals surface area contributed by atoms with Crippen LogP contribution in [0, 0.1) is 17.0 Å². The van der Waals surface area contributed by atoms with Crippen molar-refractivity contribution in [1.82, 2.24) is 4.98 Å². The van der Waals surface area contributed by atoms with E-state index in [1.54, 1.807) is 0 Å². The fourth-order valence-electron chi connectivity index (χ4n) is 0.824. The minimum Gasteiger partial charge on any atom is -0.868 e. The van der Waals surface area contributed by atoms with Crippen LogP contribution in [0.4, 0.5) is 5.69 Å². The number of hydrogen-bond donors (Lipinski definition) is 1. The van der Waals surface area contributed by atoms with Gasteiger partial charge in [-0.15, -0.1) is 0 Å². The van der Waals surface area contributed by atoms with Gasteiger partial charge in [-0.1, -0.05) is 0 Å². The second-order valence-electron chi connectivity index (χ2n) is 2.25. The van der Waals surface area contributed by atoms with Crippen molar-refractivity contribution in [1.29, 1.82) is 0 Å². The number of hydrogen-bond acceptors (Lipinski definition) is 4. The Kier molecular flexibility index (Phi) is 1.82. The number of nitrogens with one attached hydrogen (secondary N) is 1. The topological polar surface area (TPSA) is 99.1 Å². The summed E-state index contributed by atoms with van der Waals surface area (Å²) in [5, 5.41) is 21.0. The maximum absolute atomic E-state index is 10.8. The van der Waals surface area contributed by atoms with Crippen molar-refractivity contribution in [2.75, 3.05) is 0 Å². The largest absolute Gasteiger partial charge is 0.868 e. The number of rotatable bonds is 1. The van der Waals surface area contributed by atoms with Gasteiger partial charge in [-0.05, 0) is 18.7 Å². The molecule has 0 radical (unpaired) electrons. The molecule has 0 amide bonds. The fourth-order valence-corrected chi connectivity index (χ4v) is 0.824. The minimum absolute atomic E-state index is 0.315. The first-order valence-corrected chi connectivity index (χ1v) is 3.07. The Morgan fingerprint density at radius 1 is 1.58 bits per heavy atom. The van der Waals surface area contributed by atoms with Crippen LogP contribution in [0.1, 0.15) is 5.69 Å². The number of nitrogens with zero attached hydrogens (tertiary/aromatic N) is 1. The van der Waals surface area contributed by atoms with Crippen molar-refractivity contribution < 1.29 is 10.0 Å². The Hall–Kier alpha value is -1.85. The van der Waals surface area contributed by atoms with E-state index in [0.717, 1.165) is 6.07 Å². The zero-order chi connectivity index (χ0) is 9.30. The van der Waals surface area contributed by atoms with Crippen LogP contribution >= 0.6 is 0 Å². The maximum atomic E-state index is 10.8. The first-order valence-electron chi connectivity index (χ1n) is 3.07. The highest BCUT2D eigenvalue weighted by atomic mass is 16.6. The van der Waals surface area contributed by atoms with Gasteiger partial charge < -0.3 is 10.1 Å². The molecule has 1 aromatic rings. The van der Waals surface area contributed by atoms with E-state index in [0.29, 0.717) is 5.69 Å². The third-order valence-corrected chi connectivity index (χ3v) is 1.29. The lowest BCUT2D eigenvalue weighted by Gasteiger charge is -2.05. The number of aryl methyl sites for hydroxylation is 1. The standard InChI is InChI=1S/C6H6N2O4/c1-3-2-4(9)5(8(11)12)6(10)7-3/h2H,1H3,(H2,7,9,10)/p-1. The van der Waals surface area contributed by atoms with Gasteiger partial charge in [0.1, 0.15) is 0 Å². The normalized spacial score (nSPS) is 9.75. The predicted molar refractivity (Wildman–Crippen MR) is 37.9 cm³/mol. The van der Waals surface area contributed by atoms with Crippen LogP contribution < -0.4 is 10.7 Å². The summed E-state index contributed by atoms with van der Waals surface area (Å²) in [7, 11) is 0. The van der Waals surface area contributed by atoms with Crippen LogP contribution in [0.25, 0.3) is 0 Å². The van der Waals surface area contributed by atoms with Crippen LogP contribution in [-0.2, 0) is 0 Å². The van der Waals surface area contributed by atoms with Gasteiger partial charge in [-0.25, -0.2) is 0 Å². The van der Waals surface area contributed by atoms with Gasteiger partial charge in [-0.3, -0.25) is 14.9 Å². The van der Waals surface area contributed by atoms with Crippen LogP contribution in [0.5, 0.6) is 5.75 Å². The number of aromatic amines is 1. The Labute approximate surface area is 66.6 Å². The minimum atomic E-state index is -0.986. The van der Waals surface area contributed by atoms with E-state index in [2.05, 4.69) is 4.98 Å². The molecule has 0 aliphatic rings. The summed E-state index contributed by atoms with van der Waals surface area (Å²) in [5.41, 5.74) is -1.57. The number of aromatic nitrogens is 1. The summed E-state index contributed by atoms with van der Waals surface area (Å²) < 4.78 is 0. The highest BCUT2D eigenvalue weighted by molar-refractivity contribution is 5.42. The lowest BCUT2D eigenvalue weighted by molar-refractivity contribution is -0.399. The zero-order valence-corrected chi connectivity index (χ0v) is 6.16. The summed E-state index contributed by atoms with van der Waals surface area (Å²) in [4.78, 5) is 22.1. The van der Waals surface area contributed by atoms with E-state index < -0.39 is 21.9 Å². The molecule has 0 bridgehead atoms. The van der Waals surface area contributed by atoms with Gasteiger partial charge in [0, 0.05) is 5.69 Å². The van der Waals surface area contributed by atoms with Crippen molar-refractivity contribution >= 4 is 5.69 Å². The average Bonchev–Trinajstić information content (AvgIpc) is 1.82. The third-order valence-electron chi connectivity index (χ3n) is 1.29. The van der Waals surface area contributed by atoms with Gasteiger partial charge in [0.05, 0.1) is 4.92 Å². The predicted octanol–water partition coefficient (Wildman–Crippen LogP) is -0.335. The summed E-state index contributed by atoms with van der Waals surface area (Å²) in [6, 6.07) is 1.01. The number of nitro groups is 1. The fraction of sp³-hybridized carbons (Fsp3) is 0.167. The molecule has 0 aromatic carbocycles. The molecule has 12 heavy (non-hydrogen) atoms. The van der Waals surface area contributed by atoms with E-state index in [-0.39, 0.29) is 0 Å². The zero-order valence-electron chi connectivity index (χ0n) is 6.16. The smallest absolute Gasteiger partial charge is 0.326 e. The van der Waals surface area contributed by atoms with Gasteiger partial charge >= 0.3 is 11.2 Å². The summed E-state index contributed by atoms with van der Waals surface area (Å²) in [6.45, 7) is 1.48. The Morgan fingerprint density at radius 2 is 2.17 bits per heavy atom. The molecular weight excluding hydrogens is 164 g/mol. The molecule has 0 saturated carbocycles. The molecule has 0 fully saturated rings. The maximum Gasteiger partial charge on any atom is 0.326 e. The van der Waals surface area contributed by atoms with E-state index in [1.807, 2.05) is 0 Å². The van der Waals surface area contributed by atoms with Crippen LogP contribution in [-0.4, -0.2) is 9.91 Å². The first kappa shape index (κ1) is 8.25. The van der Waals surface area contributed by atoms with Gasteiger partial charge in [0.2, 0.25) is 0 Å². The van der Waals surface area contributed by atoms with E-state index in [4.69, 9.17) is 0 Å². The molecular formula is C6H5N2O4-. The van der Waals surface area contributed by atoms with Gasteiger partial charge in [0.25, 0.3) is 0 Å². The van der Waals surface area contributed by atoms with Crippen molar-refractivity contribution in [3.8, 4) is 5.75 Å². The molecule has 0 saturated heterocycles. The second-order valence-corrected chi connectivity index (χ2v) is 2.25. The van der Waals surface area contributed by atoms with Crippen LogP contribution in [0.3, 0.4) is 0 Å².